The minimum atomic E-state index is -0.398. The van der Waals surface area contributed by atoms with Gasteiger partial charge in [-0.15, -0.1) is 0 Å². The SMILES string of the molecule is COc1ccc(OC)c(CN2CCN(C(C(=O)Nc3cc(C)ccc3OC)c3ccccc3)CC2)c1. The summed E-state index contributed by atoms with van der Waals surface area (Å²) in [5.74, 6) is 2.26. The lowest BCUT2D eigenvalue weighted by molar-refractivity contribution is -0.122. The quantitative estimate of drug-likeness (QED) is 0.477. The van der Waals surface area contributed by atoms with Crippen molar-refractivity contribution in [3.8, 4) is 17.2 Å². The molecular weight excluding hydrogens is 454 g/mol. The molecule has 7 nitrogen and oxygen atoms in total. The van der Waals surface area contributed by atoms with E-state index in [1.807, 2.05) is 73.7 Å². The predicted octanol–water partition coefficient (Wildman–Crippen LogP) is 4.52. The van der Waals surface area contributed by atoms with E-state index in [0.717, 1.165) is 60.9 Å². The van der Waals surface area contributed by atoms with Crippen LogP contribution in [0.15, 0.2) is 66.7 Å². The van der Waals surface area contributed by atoms with E-state index in [0.29, 0.717) is 11.4 Å². The smallest absolute Gasteiger partial charge is 0.246 e. The molecule has 1 aliphatic rings. The van der Waals surface area contributed by atoms with E-state index in [9.17, 15) is 4.79 Å². The van der Waals surface area contributed by atoms with Crippen molar-refractivity contribution in [3.05, 3.63) is 83.4 Å². The van der Waals surface area contributed by atoms with Gasteiger partial charge in [-0.1, -0.05) is 36.4 Å². The van der Waals surface area contributed by atoms with Crippen molar-refractivity contribution in [1.82, 2.24) is 9.80 Å². The number of benzene rings is 3. The van der Waals surface area contributed by atoms with Crippen LogP contribution in [0.2, 0.25) is 0 Å². The summed E-state index contributed by atoms with van der Waals surface area (Å²) in [7, 11) is 4.98. The minimum Gasteiger partial charge on any atom is -0.497 e. The molecule has 1 fully saturated rings. The van der Waals surface area contributed by atoms with Crippen molar-refractivity contribution in [2.24, 2.45) is 0 Å². The van der Waals surface area contributed by atoms with Crippen molar-refractivity contribution < 1.29 is 19.0 Å². The fraction of sp³-hybridized carbons (Fsp3) is 0.345. The summed E-state index contributed by atoms with van der Waals surface area (Å²) in [4.78, 5) is 18.3. The van der Waals surface area contributed by atoms with Crippen LogP contribution in [0.1, 0.15) is 22.7 Å². The highest BCUT2D eigenvalue weighted by Gasteiger charge is 2.31. The van der Waals surface area contributed by atoms with E-state index < -0.39 is 6.04 Å². The zero-order chi connectivity index (χ0) is 25.5. The van der Waals surface area contributed by atoms with E-state index in [4.69, 9.17) is 14.2 Å². The molecule has 3 aromatic carbocycles. The molecule has 1 amide bonds. The Morgan fingerprint density at radius 3 is 2.22 bits per heavy atom. The summed E-state index contributed by atoms with van der Waals surface area (Å²) in [5, 5.41) is 3.13. The van der Waals surface area contributed by atoms with E-state index in [-0.39, 0.29) is 5.91 Å². The van der Waals surface area contributed by atoms with Gasteiger partial charge in [0, 0.05) is 38.3 Å². The lowest BCUT2D eigenvalue weighted by atomic mass is 10.0. The van der Waals surface area contributed by atoms with Gasteiger partial charge >= 0.3 is 0 Å². The van der Waals surface area contributed by atoms with Gasteiger partial charge in [0.1, 0.15) is 23.3 Å². The Kier molecular flexibility index (Phi) is 8.46. The zero-order valence-electron chi connectivity index (χ0n) is 21.5. The molecule has 0 radical (unpaired) electrons. The van der Waals surface area contributed by atoms with Crippen LogP contribution in [0.5, 0.6) is 17.2 Å². The van der Waals surface area contributed by atoms with Gasteiger partial charge in [0.05, 0.1) is 27.0 Å². The number of anilines is 1. The van der Waals surface area contributed by atoms with E-state index in [2.05, 4.69) is 15.1 Å². The molecule has 0 aliphatic carbocycles. The van der Waals surface area contributed by atoms with Gasteiger partial charge in [0.25, 0.3) is 0 Å². The fourth-order valence-electron chi connectivity index (χ4n) is 4.71. The van der Waals surface area contributed by atoms with Crippen LogP contribution < -0.4 is 19.5 Å². The largest absolute Gasteiger partial charge is 0.497 e. The third kappa shape index (κ3) is 5.98. The summed E-state index contributed by atoms with van der Waals surface area (Å²) in [6.45, 7) is 5.97. The predicted molar refractivity (Wildman–Crippen MR) is 142 cm³/mol. The number of hydrogen-bond donors (Lipinski definition) is 1. The number of carbonyl (C=O) groups excluding carboxylic acids is 1. The summed E-state index contributed by atoms with van der Waals surface area (Å²) < 4.78 is 16.5. The number of nitrogens with one attached hydrogen (secondary N) is 1. The van der Waals surface area contributed by atoms with Crippen LogP contribution in [-0.2, 0) is 11.3 Å². The molecule has 3 aromatic rings. The number of piperazine rings is 1. The summed E-state index contributed by atoms with van der Waals surface area (Å²) in [5.41, 5.74) is 3.81. The normalized spacial score (nSPS) is 15.2. The van der Waals surface area contributed by atoms with Crippen LogP contribution in [-0.4, -0.2) is 63.2 Å². The molecule has 36 heavy (non-hydrogen) atoms. The summed E-state index contributed by atoms with van der Waals surface area (Å²) >= 11 is 0. The first-order chi connectivity index (χ1) is 17.5. The van der Waals surface area contributed by atoms with Crippen molar-refractivity contribution in [2.75, 3.05) is 52.8 Å². The van der Waals surface area contributed by atoms with Crippen LogP contribution >= 0.6 is 0 Å². The van der Waals surface area contributed by atoms with Crippen molar-refractivity contribution in [1.29, 1.82) is 0 Å². The Hall–Kier alpha value is -3.55. The number of rotatable bonds is 9. The first kappa shape index (κ1) is 25.5. The maximum absolute atomic E-state index is 13.7. The number of methoxy groups -OCH3 is 3. The van der Waals surface area contributed by atoms with E-state index in [1.165, 1.54) is 0 Å². The maximum Gasteiger partial charge on any atom is 0.246 e. The topological polar surface area (TPSA) is 63.3 Å². The molecule has 0 bridgehead atoms. The van der Waals surface area contributed by atoms with E-state index in [1.54, 1.807) is 21.3 Å². The number of nitrogens with zero attached hydrogens (tertiary/aromatic N) is 2. The Labute approximate surface area is 213 Å². The first-order valence-corrected chi connectivity index (χ1v) is 12.2. The Balaban J connectivity index is 1.49. The zero-order valence-corrected chi connectivity index (χ0v) is 21.5. The van der Waals surface area contributed by atoms with Crippen LogP contribution in [0.25, 0.3) is 0 Å². The van der Waals surface area contributed by atoms with Gasteiger partial charge in [0.15, 0.2) is 0 Å². The number of ether oxygens (including phenoxy) is 3. The number of carbonyl (C=O) groups is 1. The number of amides is 1. The molecule has 1 unspecified atom stereocenters. The second-order valence-electron chi connectivity index (χ2n) is 9.00. The molecule has 1 aliphatic heterocycles. The Morgan fingerprint density at radius 2 is 1.56 bits per heavy atom. The maximum atomic E-state index is 13.7. The highest BCUT2D eigenvalue weighted by molar-refractivity contribution is 5.96. The lowest BCUT2D eigenvalue weighted by Gasteiger charge is -2.39. The van der Waals surface area contributed by atoms with Gasteiger partial charge < -0.3 is 19.5 Å². The Bertz CT molecular complexity index is 1160. The first-order valence-electron chi connectivity index (χ1n) is 12.2. The molecule has 7 heteroatoms. The van der Waals surface area contributed by atoms with Gasteiger partial charge in [-0.2, -0.15) is 0 Å². The molecule has 1 heterocycles. The minimum absolute atomic E-state index is 0.0620. The second kappa shape index (κ2) is 11.9. The van der Waals surface area contributed by atoms with Gasteiger partial charge in [0.2, 0.25) is 5.91 Å². The molecule has 0 saturated carbocycles. The molecule has 1 atom stereocenters. The van der Waals surface area contributed by atoms with Crippen LogP contribution in [0.3, 0.4) is 0 Å². The van der Waals surface area contributed by atoms with Crippen LogP contribution in [0, 0.1) is 6.92 Å². The van der Waals surface area contributed by atoms with Gasteiger partial charge in [-0.3, -0.25) is 14.6 Å². The van der Waals surface area contributed by atoms with Gasteiger partial charge in [-0.25, -0.2) is 0 Å². The monoisotopic (exact) mass is 489 g/mol. The third-order valence-electron chi connectivity index (χ3n) is 6.63. The van der Waals surface area contributed by atoms with Crippen molar-refractivity contribution in [3.63, 3.8) is 0 Å². The molecule has 1 N–H and O–H groups in total. The fourth-order valence-corrected chi connectivity index (χ4v) is 4.71. The summed E-state index contributed by atoms with van der Waals surface area (Å²) in [6, 6.07) is 21.3. The average Bonchev–Trinajstić information content (AvgIpc) is 2.90. The third-order valence-corrected chi connectivity index (χ3v) is 6.63. The molecule has 0 spiro atoms. The van der Waals surface area contributed by atoms with Crippen molar-refractivity contribution in [2.45, 2.75) is 19.5 Å². The van der Waals surface area contributed by atoms with E-state index >= 15 is 0 Å². The second-order valence-corrected chi connectivity index (χ2v) is 9.00. The van der Waals surface area contributed by atoms with Crippen molar-refractivity contribution >= 4 is 11.6 Å². The summed E-state index contributed by atoms with van der Waals surface area (Å²) in [6.07, 6.45) is 0. The molecule has 0 aromatic heterocycles. The molecule has 1 saturated heterocycles. The molecule has 190 valence electrons. The van der Waals surface area contributed by atoms with Gasteiger partial charge in [-0.05, 0) is 48.4 Å². The average molecular weight is 490 g/mol. The highest BCUT2D eigenvalue weighted by Crippen LogP contribution is 2.30. The number of aryl methyl sites for hydroxylation is 1. The Morgan fingerprint density at radius 1 is 0.861 bits per heavy atom. The number of hydrogen-bond acceptors (Lipinski definition) is 6. The molecular formula is C29H35N3O4. The lowest BCUT2D eigenvalue weighted by Crippen LogP contribution is -2.49. The highest BCUT2D eigenvalue weighted by atomic mass is 16.5. The standard InChI is InChI=1S/C29H35N3O4/c1-21-10-12-27(36-4)25(18-21)30-29(33)28(22-8-6-5-7-9-22)32-16-14-31(15-17-32)20-23-19-24(34-2)11-13-26(23)35-3/h5-13,18-19,28H,14-17,20H2,1-4H3,(H,30,33). The van der Waals surface area contributed by atoms with Crippen LogP contribution in [0.4, 0.5) is 5.69 Å². The molecule has 4 rings (SSSR count).